The third-order valence-corrected chi connectivity index (χ3v) is 4.66. The van der Waals surface area contributed by atoms with Gasteiger partial charge in [-0.2, -0.15) is 11.3 Å². The van der Waals surface area contributed by atoms with Gasteiger partial charge in [0.2, 0.25) is 5.91 Å². The van der Waals surface area contributed by atoms with Crippen LogP contribution in [0.2, 0.25) is 0 Å². The van der Waals surface area contributed by atoms with Crippen molar-refractivity contribution in [2.24, 2.45) is 11.1 Å². The number of nitrogens with one attached hydrogen (secondary N) is 1. The molecule has 0 aromatic carbocycles. The van der Waals surface area contributed by atoms with Gasteiger partial charge in [-0.05, 0) is 48.6 Å². The number of nitrogens with two attached hydrogens (primary N) is 1. The summed E-state index contributed by atoms with van der Waals surface area (Å²) in [5.41, 5.74) is 6.83. The second-order valence-electron chi connectivity index (χ2n) is 5.40. The Balaban J connectivity index is 1.90. The fourth-order valence-corrected chi connectivity index (χ4v) is 3.45. The van der Waals surface area contributed by atoms with Gasteiger partial charge in [0.05, 0.1) is 5.41 Å². The summed E-state index contributed by atoms with van der Waals surface area (Å²) in [7, 11) is 0. The average Bonchev–Trinajstić information content (AvgIpc) is 2.99. The van der Waals surface area contributed by atoms with Crippen molar-refractivity contribution in [2.45, 2.75) is 45.1 Å². The van der Waals surface area contributed by atoms with E-state index in [1.54, 1.807) is 11.3 Å². The lowest BCUT2D eigenvalue weighted by atomic mass is 9.85. The zero-order valence-corrected chi connectivity index (χ0v) is 11.8. The molecule has 100 valence electrons. The Bertz CT molecular complexity index is 383. The van der Waals surface area contributed by atoms with Crippen LogP contribution < -0.4 is 11.1 Å². The van der Waals surface area contributed by atoms with Crippen LogP contribution in [0.15, 0.2) is 16.8 Å². The highest BCUT2D eigenvalue weighted by Crippen LogP contribution is 2.37. The van der Waals surface area contributed by atoms with Crippen molar-refractivity contribution in [2.75, 3.05) is 6.54 Å². The van der Waals surface area contributed by atoms with E-state index in [0.717, 1.165) is 32.1 Å². The topological polar surface area (TPSA) is 55.1 Å². The number of hydrogen-bond acceptors (Lipinski definition) is 3. The Morgan fingerprint density at radius 2 is 2.28 bits per heavy atom. The number of carbonyl (C=O) groups is 1. The maximum atomic E-state index is 12.3. The molecule has 0 spiro atoms. The predicted octanol–water partition coefficient (Wildman–Crippen LogP) is 2.31. The van der Waals surface area contributed by atoms with E-state index in [-0.39, 0.29) is 17.4 Å². The van der Waals surface area contributed by atoms with E-state index in [2.05, 4.69) is 29.1 Å². The first-order valence-electron chi connectivity index (χ1n) is 6.68. The van der Waals surface area contributed by atoms with Crippen molar-refractivity contribution < 1.29 is 4.79 Å². The largest absolute Gasteiger partial charge is 0.353 e. The van der Waals surface area contributed by atoms with E-state index in [1.807, 2.05) is 0 Å². The number of rotatable bonds is 5. The molecular formula is C14H22N2OS. The number of thiophene rings is 1. The van der Waals surface area contributed by atoms with Crippen LogP contribution in [0.3, 0.4) is 0 Å². The first-order chi connectivity index (χ1) is 8.66. The van der Waals surface area contributed by atoms with Crippen molar-refractivity contribution in [3.8, 4) is 0 Å². The number of hydrogen-bond donors (Lipinski definition) is 2. The highest BCUT2D eigenvalue weighted by Gasteiger charge is 2.40. The molecule has 1 aliphatic carbocycles. The summed E-state index contributed by atoms with van der Waals surface area (Å²) in [6.45, 7) is 2.54. The summed E-state index contributed by atoms with van der Waals surface area (Å²) in [4.78, 5) is 12.3. The van der Waals surface area contributed by atoms with Gasteiger partial charge in [-0.1, -0.05) is 12.8 Å². The van der Waals surface area contributed by atoms with Crippen molar-refractivity contribution in [3.05, 3.63) is 22.4 Å². The Morgan fingerprint density at radius 1 is 1.56 bits per heavy atom. The van der Waals surface area contributed by atoms with E-state index < -0.39 is 0 Å². The molecule has 1 aromatic heterocycles. The zero-order chi connectivity index (χ0) is 13.0. The summed E-state index contributed by atoms with van der Waals surface area (Å²) in [5, 5.41) is 7.35. The molecule has 0 aliphatic heterocycles. The molecule has 1 atom stereocenters. The van der Waals surface area contributed by atoms with Crippen LogP contribution in [0, 0.1) is 5.41 Å². The molecule has 3 N–H and O–H groups in total. The monoisotopic (exact) mass is 266 g/mol. The molecule has 1 aliphatic rings. The molecule has 0 bridgehead atoms. The fourth-order valence-electron chi connectivity index (χ4n) is 2.77. The molecule has 3 nitrogen and oxygen atoms in total. The molecule has 1 saturated carbocycles. The van der Waals surface area contributed by atoms with Gasteiger partial charge >= 0.3 is 0 Å². The summed E-state index contributed by atoms with van der Waals surface area (Å²) in [6, 6.07) is 2.29. The van der Waals surface area contributed by atoms with Crippen LogP contribution in [0.1, 0.15) is 38.2 Å². The Labute approximate surface area is 113 Å². The molecular weight excluding hydrogens is 244 g/mol. The first-order valence-corrected chi connectivity index (χ1v) is 7.63. The van der Waals surface area contributed by atoms with E-state index in [4.69, 9.17) is 5.73 Å². The van der Waals surface area contributed by atoms with Crippen LogP contribution >= 0.6 is 11.3 Å². The molecule has 1 aromatic rings. The van der Waals surface area contributed by atoms with Crippen LogP contribution in [0.4, 0.5) is 0 Å². The molecule has 1 unspecified atom stereocenters. The molecule has 2 rings (SSSR count). The fraction of sp³-hybridized carbons (Fsp3) is 0.643. The van der Waals surface area contributed by atoms with Crippen molar-refractivity contribution >= 4 is 17.2 Å². The maximum Gasteiger partial charge on any atom is 0.227 e. The number of carbonyl (C=O) groups excluding carboxylic acids is 1. The highest BCUT2D eigenvalue weighted by atomic mass is 32.1. The molecule has 0 radical (unpaired) electrons. The molecule has 18 heavy (non-hydrogen) atoms. The van der Waals surface area contributed by atoms with Crippen LogP contribution in [-0.2, 0) is 11.2 Å². The quantitative estimate of drug-likeness (QED) is 0.859. The van der Waals surface area contributed by atoms with Gasteiger partial charge in [0.1, 0.15) is 0 Å². The zero-order valence-electron chi connectivity index (χ0n) is 10.9. The summed E-state index contributed by atoms with van der Waals surface area (Å²) < 4.78 is 0. The van der Waals surface area contributed by atoms with Gasteiger partial charge in [0.25, 0.3) is 0 Å². The highest BCUT2D eigenvalue weighted by molar-refractivity contribution is 7.07. The minimum atomic E-state index is -0.289. The van der Waals surface area contributed by atoms with Crippen molar-refractivity contribution in [1.29, 1.82) is 0 Å². The van der Waals surface area contributed by atoms with Crippen molar-refractivity contribution in [3.63, 3.8) is 0 Å². The predicted molar refractivity (Wildman–Crippen MR) is 75.6 cm³/mol. The Morgan fingerprint density at radius 3 is 2.83 bits per heavy atom. The second kappa shape index (κ2) is 5.85. The summed E-state index contributed by atoms with van der Waals surface area (Å²) >= 11 is 1.70. The van der Waals surface area contributed by atoms with E-state index in [0.29, 0.717) is 6.54 Å². The van der Waals surface area contributed by atoms with Crippen molar-refractivity contribution in [1.82, 2.24) is 5.32 Å². The van der Waals surface area contributed by atoms with Gasteiger partial charge in [-0.3, -0.25) is 4.79 Å². The minimum Gasteiger partial charge on any atom is -0.353 e. The standard InChI is InChI=1S/C14H22N2OS/c1-11(8-12-4-7-18-9-12)16-13(17)14(10-15)5-2-3-6-14/h4,7,9,11H,2-3,5-6,8,10,15H2,1H3,(H,16,17). The maximum absolute atomic E-state index is 12.3. The lowest BCUT2D eigenvalue weighted by molar-refractivity contribution is -0.130. The van der Waals surface area contributed by atoms with E-state index in [9.17, 15) is 4.79 Å². The van der Waals surface area contributed by atoms with E-state index >= 15 is 0 Å². The van der Waals surface area contributed by atoms with E-state index in [1.165, 1.54) is 5.56 Å². The normalized spacial score (nSPS) is 19.7. The summed E-state index contributed by atoms with van der Waals surface area (Å²) in [6.07, 6.45) is 5.05. The molecule has 1 heterocycles. The summed E-state index contributed by atoms with van der Waals surface area (Å²) in [5.74, 6) is 0.158. The smallest absolute Gasteiger partial charge is 0.227 e. The third kappa shape index (κ3) is 2.93. The van der Waals surface area contributed by atoms with Gasteiger partial charge in [-0.15, -0.1) is 0 Å². The van der Waals surface area contributed by atoms with Gasteiger partial charge in [-0.25, -0.2) is 0 Å². The minimum absolute atomic E-state index is 0.158. The second-order valence-corrected chi connectivity index (χ2v) is 6.18. The Kier molecular flexibility index (Phi) is 4.40. The first kappa shape index (κ1) is 13.6. The van der Waals surface area contributed by atoms with Gasteiger partial charge in [0, 0.05) is 12.6 Å². The molecule has 1 amide bonds. The van der Waals surface area contributed by atoms with Crippen LogP contribution in [0.5, 0.6) is 0 Å². The van der Waals surface area contributed by atoms with Crippen LogP contribution in [-0.4, -0.2) is 18.5 Å². The molecule has 1 fully saturated rings. The Hall–Kier alpha value is -0.870. The van der Waals surface area contributed by atoms with Crippen LogP contribution in [0.25, 0.3) is 0 Å². The number of amides is 1. The third-order valence-electron chi connectivity index (χ3n) is 3.93. The average molecular weight is 266 g/mol. The lowest BCUT2D eigenvalue weighted by Gasteiger charge is -2.27. The van der Waals surface area contributed by atoms with Gasteiger partial charge < -0.3 is 11.1 Å². The van der Waals surface area contributed by atoms with Gasteiger partial charge in [0.15, 0.2) is 0 Å². The molecule has 0 saturated heterocycles. The SMILES string of the molecule is CC(Cc1ccsc1)NC(=O)C1(CN)CCCC1. The lowest BCUT2D eigenvalue weighted by Crippen LogP contribution is -2.47. The molecule has 4 heteroatoms.